The minimum atomic E-state index is -0.695. The number of thiazole rings is 1. The number of allylic oxidation sites excluding steroid dienone is 2. The molecule has 1 amide bonds. The van der Waals surface area contributed by atoms with Crippen molar-refractivity contribution in [1.29, 1.82) is 0 Å². The van der Waals surface area contributed by atoms with Crippen LogP contribution in [0.4, 0.5) is 4.39 Å². The highest BCUT2D eigenvalue weighted by molar-refractivity contribution is 7.10. The van der Waals surface area contributed by atoms with Crippen molar-refractivity contribution in [3.8, 4) is 6.07 Å². The van der Waals surface area contributed by atoms with Crippen LogP contribution in [-0.4, -0.2) is 91.7 Å². The number of halogens is 1. The molecule has 0 aromatic carbocycles. The highest BCUT2D eigenvalue weighted by Crippen LogP contribution is 2.16. The number of piperazine rings is 1. The predicted octanol–water partition coefficient (Wildman–Crippen LogP) is 0.559. The molecule has 2 aliphatic rings. The summed E-state index contributed by atoms with van der Waals surface area (Å²) in [5.74, 6) is 0.139. The van der Waals surface area contributed by atoms with E-state index in [0.29, 0.717) is 32.7 Å². The molecule has 0 bridgehead atoms. The van der Waals surface area contributed by atoms with E-state index in [-0.39, 0.29) is 5.91 Å². The molecular weight excluding hydrogens is 415 g/mol. The lowest BCUT2D eigenvalue weighted by molar-refractivity contribution is -0.134. The number of likely N-dealkylation sites (tertiary alicyclic amines) is 1. The molecule has 166 valence electrons. The van der Waals surface area contributed by atoms with E-state index in [1.54, 1.807) is 24.5 Å². The average Bonchev–Trinajstić information content (AvgIpc) is 3.12. The van der Waals surface area contributed by atoms with Crippen molar-refractivity contribution < 1.29 is 9.18 Å². The van der Waals surface area contributed by atoms with E-state index in [9.17, 15) is 9.18 Å². The lowest BCUT2D eigenvalue weighted by Crippen LogP contribution is -2.48. The summed E-state index contributed by atoms with van der Waals surface area (Å²) in [6.45, 7) is 6.06. The van der Waals surface area contributed by atoms with Crippen molar-refractivity contribution in [2.75, 3.05) is 59.9 Å². The molecule has 2 saturated heterocycles. The molecule has 0 saturated carbocycles. The quantitative estimate of drug-likeness (QED) is 0.622. The number of nitrogens with one attached hydrogen (secondary N) is 1. The van der Waals surface area contributed by atoms with Crippen molar-refractivity contribution in [1.82, 2.24) is 25.0 Å². The van der Waals surface area contributed by atoms with E-state index >= 15 is 0 Å². The van der Waals surface area contributed by atoms with Gasteiger partial charge in [-0.1, -0.05) is 12.2 Å². The van der Waals surface area contributed by atoms with Gasteiger partial charge in [0.05, 0.1) is 18.0 Å². The summed E-state index contributed by atoms with van der Waals surface area (Å²) < 4.78 is 14.0. The van der Waals surface area contributed by atoms with Gasteiger partial charge in [-0.25, -0.2) is 9.37 Å². The zero-order chi connectivity index (χ0) is 22.2. The van der Waals surface area contributed by atoms with Crippen LogP contribution in [0.15, 0.2) is 18.4 Å². The van der Waals surface area contributed by atoms with Crippen molar-refractivity contribution >= 4 is 35.1 Å². The number of nitrogens with zero attached hydrogens (tertiary/aromatic N) is 5. The van der Waals surface area contributed by atoms with Crippen LogP contribution < -0.4 is 15.2 Å². The summed E-state index contributed by atoms with van der Waals surface area (Å²) in [6, 6.07) is 2.76. The molecule has 1 aromatic rings. The number of rotatable bonds is 7. The van der Waals surface area contributed by atoms with E-state index < -0.39 is 6.17 Å². The zero-order valence-electron chi connectivity index (χ0n) is 18.3. The number of hydrogen-bond acceptors (Lipinski definition) is 6. The summed E-state index contributed by atoms with van der Waals surface area (Å²) in [6.07, 6.45) is 8.98. The maximum Gasteiger partial charge on any atom is 0.332 e. The van der Waals surface area contributed by atoms with Crippen LogP contribution in [0.1, 0.15) is 11.9 Å². The largest absolute Gasteiger partial charge is 0.393 e. The molecule has 0 spiro atoms. The summed E-state index contributed by atoms with van der Waals surface area (Å²) >= 11 is 1.56. The summed E-state index contributed by atoms with van der Waals surface area (Å²) in [7, 11) is 3.81. The third-order valence-corrected chi connectivity index (χ3v) is 6.24. The maximum atomic E-state index is 13.0. The highest BCUT2D eigenvalue weighted by Gasteiger charge is 2.24. The fourth-order valence-corrected chi connectivity index (χ4v) is 4.32. The van der Waals surface area contributed by atoms with Gasteiger partial charge in [0.25, 0.3) is 6.07 Å². The zero-order valence-corrected chi connectivity index (χ0v) is 19.2. The van der Waals surface area contributed by atoms with E-state index in [1.807, 2.05) is 48.3 Å². The van der Waals surface area contributed by atoms with Gasteiger partial charge in [0.15, 0.2) is 5.35 Å². The number of carbonyl (C=O) groups excluding carboxylic acids is 1. The Labute approximate surface area is 186 Å². The molecule has 1 aromatic heterocycles. The number of hydrogen-bond donors (Lipinski definition) is 1. The standard InChI is InChI=1S/C22H30FN6OS/c1-4-25-13-19-20(7-9-29-11-10-27(3)16-21(29)30)31-22(26-19)17(12-24-2)6-5-8-28-14-18(23)15-28/h5-7,12-13,18,24H,8-11,14-16H2,1-3H3/q+1/b6-5-,17-12+,19-13+,20-7+. The fraction of sp³-hybridized carbons (Fsp3) is 0.500. The lowest BCUT2D eigenvalue weighted by Gasteiger charge is -2.33. The van der Waals surface area contributed by atoms with Crippen LogP contribution in [0.25, 0.3) is 22.7 Å². The lowest BCUT2D eigenvalue weighted by atomic mass is 10.2. The molecule has 0 aliphatic carbocycles. The van der Waals surface area contributed by atoms with Gasteiger partial charge in [-0.15, -0.1) is 11.3 Å². The molecule has 3 rings (SSSR count). The van der Waals surface area contributed by atoms with Gasteiger partial charge in [-0.2, -0.15) is 0 Å². The second-order valence-corrected chi connectivity index (χ2v) is 8.67. The topological polar surface area (TPSA) is 56.1 Å². The minimum absolute atomic E-state index is 0.139. The summed E-state index contributed by atoms with van der Waals surface area (Å²) in [4.78, 5) is 27.1. The van der Waals surface area contributed by atoms with Crippen molar-refractivity contribution in [2.24, 2.45) is 0 Å². The Hall–Kier alpha value is -2.54. The van der Waals surface area contributed by atoms with E-state index in [0.717, 1.165) is 33.6 Å². The van der Waals surface area contributed by atoms with Gasteiger partial charge >= 0.3 is 6.20 Å². The van der Waals surface area contributed by atoms with Gasteiger partial charge in [0.1, 0.15) is 11.2 Å². The van der Waals surface area contributed by atoms with Crippen molar-refractivity contribution in [3.05, 3.63) is 38.1 Å². The highest BCUT2D eigenvalue weighted by atomic mass is 32.1. The smallest absolute Gasteiger partial charge is 0.332 e. The Kier molecular flexibility index (Phi) is 8.35. The minimum Gasteiger partial charge on any atom is -0.393 e. The normalized spacial score (nSPS) is 20.3. The summed E-state index contributed by atoms with van der Waals surface area (Å²) in [5, 5.41) is 4.68. The average molecular weight is 446 g/mol. The van der Waals surface area contributed by atoms with Crippen molar-refractivity contribution in [2.45, 2.75) is 13.1 Å². The Morgan fingerprint density at radius 2 is 2.19 bits per heavy atom. The second kappa shape index (κ2) is 11.2. The molecule has 2 fully saturated rings. The van der Waals surface area contributed by atoms with Crippen LogP contribution in [0.2, 0.25) is 0 Å². The Balaban J connectivity index is 1.82. The Bertz CT molecular complexity index is 1020. The van der Waals surface area contributed by atoms with E-state index in [1.165, 1.54) is 0 Å². The number of alkyl halides is 1. The fourth-order valence-electron chi connectivity index (χ4n) is 3.37. The Morgan fingerprint density at radius 3 is 2.87 bits per heavy atom. The third kappa shape index (κ3) is 6.47. The van der Waals surface area contributed by atoms with Gasteiger partial charge in [-0.05, 0) is 18.0 Å². The molecule has 0 atom stereocenters. The maximum absolute atomic E-state index is 13.0. The molecule has 3 heterocycles. The first-order valence-electron chi connectivity index (χ1n) is 10.4. The molecule has 1 N–H and O–H groups in total. The third-order valence-electron chi connectivity index (χ3n) is 5.12. The molecule has 2 aliphatic heterocycles. The first kappa shape index (κ1) is 23.1. The molecule has 0 unspecified atom stereocenters. The van der Waals surface area contributed by atoms with Crippen molar-refractivity contribution in [3.63, 3.8) is 0 Å². The van der Waals surface area contributed by atoms with Crippen LogP contribution in [0, 0.1) is 6.07 Å². The van der Waals surface area contributed by atoms with E-state index in [4.69, 9.17) is 4.98 Å². The van der Waals surface area contributed by atoms with Gasteiger partial charge in [0, 0.05) is 58.1 Å². The number of aromatic nitrogens is 1. The summed E-state index contributed by atoms with van der Waals surface area (Å²) in [5.41, 5.74) is 0.944. The van der Waals surface area contributed by atoms with E-state index in [2.05, 4.69) is 21.1 Å². The number of likely N-dealkylation sites (N-methyl/N-ethyl adjacent to an activating group) is 1. The van der Waals surface area contributed by atoms with Crippen LogP contribution in [-0.2, 0) is 4.79 Å². The number of amides is 1. The van der Waals surface area contributed by atoms with Crippen LogP contribution in [0.5, 0.6) is 0 Å². The van der Waals surface area contributed by atoms with Gasteiger partial charge < -0.3 is 10.2 Å². The first-order valence-corrected chi connectivity index (χ1v) is 11.2. The monoisotopic (exact) mass is 445 g/mol. The van der Waals surface area contributed by atoms with Crippen LogP contribution in [0.3, 0.4) is 0 Å². The predicted molar refractivity (Wildman–Crippen MR) is 125 cm³/mol. The first-order chi connectivity index (χ1) is 15.0. The molecular formula is C22H30FN6OS+. The number of carbonyl (C=O) groups is 1. The molecule has 7 nitrogen and oxygen atoms in total. The SMILES string of the molecule is CC#[N+]/C=c1/nc(C(/C=C\CN2CC(F)C2)=C/NC)s/c1=C/CN1CCN(C)CC1=O. The Morgan fingerprint density at radius 1 is 1.39 bits per heavy atom. The van der Waals surface area contributed by atoms with Gasteiger partial charge in [0.2, 0.25) is 5.91 Å². The molecule has 9 heteroatoms. The van der Waals surface area contributed by atoms with Gasteiger partial charge in [-0.3, -0.25) is 14.6 Å². The second-order valence-electron chi connectivity index (χ2n) is 7.64. The van der Waals surface area contributed by atoms with Crippen LogP contribution >= 0.6 is 11.3 Å². The molecule has 0 radical (unpaired) electrons. The molecule has 31 heavy (non-hydrogen) atoms.